The van der Waals surface area contributed by atoms with E-state index in [9.17, 15) is 9.59 Å². The van der Waals surface area contributed by atoms with Crippen LogP contribution < -0.4 is 4.90 Å². The molecule has 5 heteroatoms. The second kappa shape index (κ2) is 7.78. The van der Waals surface area contributed by atoms with Gasteiger partial charge in [-0.1, -0.05) is 18.2 Å². The first-order valence-electron chi connectivity index (χ1n) is 7.01. The monoisotopic (exact) mass is 293 g/mol. The van der Waals surface area contributed by atoms with Crippen molar-refractivity contribution in [1.82, 2.24) is 0 Å². The number of aliphatic carboxylic acids is 1. The lowest BCUT2D eigenvalue weighted by molar-refractivity contribution is -0.137. The van der Waals surface area contributed by atoms with Crippen molar-refractivity contribution in [3.05, 3.63) is 30.3 Å². The van der Waals surface area contributed by atoms with Crippen LogP contribution in [0.1, 0.15) is 33.6 Å². The quantitative estimate of drug-likeness (QED) is 0.839. The molecule has 0 saturated heterocycles. The van der Waals surface area contributed by atoms with Crippen LogP contribution in [0.25, 0.3) is 0 Å². The lowest BCUT2D eigenvalue weighted by Crippen LogP contribution is -2.37. The van der Waals surface area contributed by atoms with Crippen LogP contribution in [0.4, 0.5) is 5.69 Å². The van der Waals surface area contributed by atoms with E-state index in [1.54, 1.807) is 4.90 Å². The molecule has 21 heavy (non-hydrogen) atoms. The van der Waals surface area contributed by atoms with Gasteiger partial charge in [0.15, 0.2) is 0 Å². The lowest BCUT2D eigenvalue weighted by Gasteiger charge is -2.25. The summed E-state index contributed by atoms with van der Waals surface area (Å²) in [4.78, 5) is 24.5. The number of hydrogen-bond acceptors (Lipinski definition) is 3. The van der Waals surface area contributed by atoms with Gasteiger partial charge in [-0.2, -0.15) is 0 Å². The van der Waals surface area contributed by atoms with Crippen LogP contribution in [0, 0.1) is 0 Å². The highest BCUT2D eigenvalue weighted by atomic mass is 16.5. The molecule has 116 valence electrons. The van der Waals surface area contributed by atoms with Gasteiger partial charge in [-0.25, -0.2) is 0 Å². The van der Waals surface area contributed by atoms with Crippen molar-refractivity contribution in [2.75, 3.05) is 18.1 Å². The Kier molecular flexibility index (Phi) is 6.37. The van der Waals surface area contributed by atoms with Crippen molar-refractivity contribution in [2.24, 2.45) is 0 Å². The molecule has 1 aromatic rings. The zero-order valence-electron chi connectivity index (χ0n) is 12.8. The van der Waals surface area contributed by atoms with E-state index in [1.165, 1.54) is 0 Å². The number of para-hydroxylation sites is 1. The smallest absolute Gasteiger partial charge is 0.303 e. The molecule has 0 aliphatic carbocycles. The fourth-order valence-corrected chi connectivity index (χ4v) is 1.75. The average Bonchev–Trinajstić information content (AvgIpc) is 2.41. The maximum absolute atomic E-state index is 12.3. The van der Waals surface area contributed by atoms with E-state index < -0.39 is 5.97 Å². The summed E-state index contributed by atoms with van der Waals surface area (Å²) in [5.41, 5.74) is 0.365. The molecule has 0 unspecified atom stereocenters. The Bertz CT molecular complexity index is 465. The number of ether oxygens (including phenoxy) is 1. The summed E-state index contributed by atoms with van der Waals surface area (Å²) >= 11 is 0. The summed E-state index contributed by atoms with van der Waals surface area (Å²) in [6, 6.07) is 9.22. The van der Waals surface area contributed by atoms with Crippen LogP contribution >= 0.6 is 0 Å². The third-order valence-electron chi connectivity index (χ3n) is 2.77. The Balaban J connectivity index is 2.72. The first kappa shape index (κ1) is 17.2. The van der Waals surface area contributed by atoms with E-state index in [-0.39, 0.29) is 24.5 Å². The standard InChI is InChI=1S/C16H23NO4/c1-16(2,3)21-12-14(18)17(11-7-10-15(19)20)13-8-5-4-6-9-13/h4-6,8-9H,7,10-12H2,1-3H3,(H,19,20). The van der Waals surface area contributed by atoms with Crippen molar-refractivity contribution >= 4 is 17.6 Å². The van der Waals surface area contributed by atoms with Crippen LogP contribution in [-0.4, -0.2) is 35.7 Å². The molecule has 1 amide bonds. The third-order valence-corrected chi connectivity index (χ3v) is 2.77. The third kappa shape index (κ3) is 6.90. The molecular formula is C16H23NO4. The van der Waals surface area contributed by atoms with E-state index in [0.29, 0.717) is 13.0 Å². The predicted molar refractivity (Wildman–Crippen MR) is 81.4 cm³/mol. The van der Waals surface area contributed by atoms with Crippen LogP contribution in [0.5, 0.6) is 0 Å². The topological polar surface area (TPSA) is 66.8 Å². The Morgan fingerprint density at radius 1 is 1.19 bits per heavy atom. The maximum atomic E-state index is 12.3. The summed E-state index contributed by atoms with van der Waals surface area (Å²) < 4.78 is 5.51. The van der Waals surface area contributed by atoms with Crippen molar-refractivity contribution < 1.29 is 19.4 Å². The number of carboxylic acids is 1. The minimum absolute atomic E-state index is 0.0224. The zero-order chi connectivity index (χ0) is 15.9. The highest BCUT2D eigenvalue weighted by molar-refractivity contribution is 5.94. The summed E-state index contributed by atoms with van der Waals surface area (Å²) in [6.45, 7) is 6.00. The highest BCUT2D eigenvalue weighted by Gasteiger charge is 2.19. The molecular weight excluding hydrogens is 270 g/mol. The van der Waals surface area contributed by atoms with Gasteiger partial charge in [0.2, 0.25) is 0 Å². The van der Waals surface area contributed by atoms with Gasteiger partial charge in [0.05, 0.1) is 5.60 Å². The molecule has 1 rings (SSSR count). The highest BCUT2D eigenvalue weighted by Crippen LogP contribution is 2.16. The number of anilines is 1. The van der Waals surface area contributed by atoms with Crippen molar-refractivity contribution in [3.63, 3.8) is 0 Å². The molecule has 0 bridgehead atoms. The van der Waals surface area contributed by atoms with Crippen molar-refractivity contribution in [2.45, 2.75) is 39.2 Å². The molecule has 0 aliphatic rings. The lowest BCUT2D eigenvalue weighted by atomic mass is 10.2. The number of hydrogen-bond donors (Lipinski definition) is 1. The molecule has 0 saturated carbocycles. The second-order valence-corrected chi connectivity index (χ2v) is 5.78. The molecule has 0 aromatic heterocycles. The fourth-order valence-electron chi connectivity index (χ4n) is 1.75. The van der Waals surface area contributed by atoms with Crippen LogP contribution in [0.15, 0.2) is 30.3 Å². The van der Waals surface area contributed by atoms with Gasteiger partial charge in [0.25, 0.3) is 5.91 Å². The predicted octanol–water partition coefficient (Wildman–Crippen LogP) is 2.70. The number of nitrogens with zero attached hydrogens (tertiary/aromatic N) is 1. The largest absolute Gasteiger partial charge is 0.481 e. The number of carbonyl (C=O) groups excluding carboxylic acids is 1. The van der Waals surface area contributed by atoms with Crippen molar-refractivity contribution in [3.8, 4) is 0 Å². The summed E-state index contributed by atoms with van der Waals surface area (Å²) in [5.74, 6) is -1.03. The normalized spacial score (nSPS) is 11.2. The minimum atomic E-state index is -0.860. The molecule has 0 spiro atoms. The van der Waals surface area contributed by atoms with Gasteiger partial charge in [0.1, 0.15) is 6.61 Å². The van der Waals surface area contributed by atoms with E-state index in [1.807, 2.05) is 51.1 Å². The van der Waals surface area contributed by atoms with E-state index in [4.69, 9.17) is 9.84 Å². The Morgan fingerprint density at radius 3 is 2.33 bits per heavy atom. The van der Waals surface area contributed by atoms with Crippen LogP contribution in [0.3, 0.4) is 0 Å². The first-order valence-corrected chi connectivity index (χ1v) is 7.01. The van der Waals surface area contributed by atoms with Gasteiger partial charge in [-0.3, -0.25) is 9.59 Å². The first-order chi connectivity index (χ1) is 9.79. The summed E-state index contributed by atoms with van der Waals surface area (Å²) in [6.07, 6.45) is 0.447. The van der Waals surface area contributed by atoms with E-state index in [2.05, 4.69) is 0 Å². The Morgan fingerprint density at radius 2 is 1.81 bits per heavy atom. The molecule has 5 nitrogen and oxygen atoms in total. The second-order valence-electron chi connectivity index (χ2n) is 5.78. The Labute approximate surface area is 125 Å². The molecule has 1 aromatic carbocycles. The SMILES string of the molecule is CC(C)(C)OCC(=O)N(CCCC(=O)O)c1ccccc1. The number of rotatable bonds is 7. The number of carboxylic acid groups (broad SMARTS) is 1. The van der Waals surface area contributed by atoms with Crippen LogP contribution in [0.2, 0.25) is 0 Å². The van der Waals surface area contributed by atoms with Gasteiger partial charge < -0.3 is 14.7 Å². The molecule has 0 fully saturated rings. The maximum Gasteiger partial charge on any atom is 0.303 e. The molecule has 0 atom stereocenters. The Hall–Kier alpha value is -1.88. The average molecular weight is 293 g/mol. The molecule has 0 aliphatic heterocycles. The number of amides is 1. The molecule has 1 N–H and O–H groups in total. The van der Waals surface area contributed by atoms with Gasteiger partial charge >= 0.3 is 5.97 Å². The molecule has 0 heterocycles. The van der Waals surface area contributed by atoms with Gasteiger partial charge in [-0.15, -0.1) is 0 Å². The van der Waals surface area contributed by atoms with Gasteiger partial charge in [-0.05, 0) is 39.3 Å². The molecule has 0 radical (unpaired) electrons. The van der Waals surface area contributed by atoms with E-state index >= 15 is 0 Å². The van der Waals surface area contributed by atoms with E-state index in [0.717, 1.165) is 5.69 Å². The van der Waals surface area contributed by atoms with Crippen molar-refractivity contribution in [1.29, 1.82) is 0 Å². The summed E-state index contributed by atoms with van der Waals surface area (Å²) in [7, 11) is 0. The van der Waals surface area contributed by atoms with Gasteiger partial charge in [0, 0.05) is 18.7 Å². The van der Waals surface area contributed by atoms with Crippen LogP contribution in [-0.2, 0) is 14.3 Å². The summed E-state index contributed by atoms with van der Waals surface area (Å²) in [5, 5.41) is 8.72. The zero-order valence-corrected chi connectivity index (χ0v) is 12.8. The number of carbonyl (C=O) groups is 2. The fraction of sp³-hybridized carbons (Fsp3) is 0.500. The minimum Gasteiger partial charge on any atom is -0.481 e. The number of benzene rings is 1.